The van der Waals surface area contributed by atoms with Crippen LogP contribution in [0.4, 0.5) is 0 Å². The summed E-state index contributed by atoms with van der Waals surface area (Å²) in [6.45, 7) is 2.05. The maximum atomic E-state index is 12.4. The minimum Gasteiger partial charge on any atom is -0.481 e. The molecule has 1 saturated carbocycles. The number of aryl methyl sites for hydroxylation is 2. The van der Waals surface area contributed by atoms with Crippen LogP contribution in [-0.2, 0) is 16.0 Å². The number of carboxylic acids is 1. The minimum absolute atomic E-state index is 0.0281. The molecule has 0 aliphatic heterocycles. The van der Waals surface area contributed by atoms with Gasteiger partial charge in [0.05, 0.1) is 14.0 Å². The Bertz CT molecular complexity index is 803. The van der Waals surface area contributed by atoms with Crippen molar-refractivity contribution >= 4 is 46.9 Å². The number of thiophene rings is 1. The molecule has 2 rings (SSSR count). The van der Waals surface area contributed by atoms with Gasteiger partial charge in [0.25, 0.3) is 0 Å². The van der Waals surface area contributed by atoms with Gasteiger partial charge in [-0.15, -0.1) is 23.2 Å². The Hall–Kier alpha value is -1.36. The van der Waals surface area contributed by atoms with E-state index in [-0.39, 0.29) is 30.0 Å². The van der Waals surface area contributed by atoms with E-state index in [0.29, 0.717) is 38.4 Å². The van der Waals surface area contributed by atoms with E-state index in [4.69, 9.17) is 13.0 Å². The molecule has 0 saturated heterocycles. The van der Waals surface area contributed by atoms with Gasteiger partial charge >= 0.3 is 5.97 Å². The van der Waals surface area contributed by atoms with Crippen LogP contribution in [0.3, 0.4) is 0 Å². The number of aliphatic carboxylic acids is 1. The van der Waals surface area contributed by atoms with Crippen molar-refractivity contribution in [2.24, 2.45) is 17.8 Å². The van der Waals surface area contributed by atoms with E-state index in [1.165, 1.54) is 9.75 Å². The maximum Gasteiger partial charge on any atom is 0.303 e. The fourth-order valence-corrected chi connectivity index (χ4v) is 5.47. The van der Waals surface area contributed by atoms with E-state index in [2.05, 4.69) is 33.8 Å². The molecule has 1 aliphatic carbocycles. The fraction of sp³-hybridized carbons (Fsp3) is 0.565. The van der Waals surface area contributed by atoms with E-state index in [0.717, 1.165) is 10.9 Å². The average Bonchev–Trinajstić information content (AvgIpc) is 3.19. The summed E-state index contributed by atoms with van der Waals surface area (Å²) in [6, 6.07) is 2.07. The molecule has 0 spiro atoms. The number of unbranched alkanes of at least 4 members (excludes halogenated alkanes) is 1. The van der Waals surface area contributed by atoms with Gasteiger partial charge in [-0.05, 0) is 66.1 Å². The summed E-state index contributed by atoms with van der Waals surface area (Å²) in [4.78, 5) is 25.3. The highest BCUT2D eigenvalue weighted by Gasteiger charge is 2.39. The number of ketones is 1. The summed E-state index contributed by atoms with van der Waals surface area (Å²) in [5, 5.41) is 19.1. The van der Waals surface area contributed by atoms with Gasteiger partial charge in [0.15, 0.2) is 5.78 Å². The molecule has 7 heteroatoms. The van der Waals surface area contributed by atoms with E-state index in [1.807, 2.05) is 13.0 Å². The fourth-order valence-electron chi connectivity index (χ4n) is 3.87. The van der Waals surface area contributed by atoms with Crippen molar-refractivity contribution in [3.8, 4) is 11.8 Å². The monoisotopic (exact) mass is 490 g/mol. The second kappa shape index (κ2) is 12.5. The van der Waals surface area contributed by atoms with Crippen molar-refractivity contribution in [1.82, 2.24) is 0 Å². The molecule has 1 aromatic heterocycles. The second-order valence-corrected chi connectivity index (χ2v) is 9.98. The van der Waals surface area contributed by atoms with Gasteiger partial charge < -0.3 is 10.2 Å². The Kier molecular flexibility index (Phi) is 10.4. The van der Waals surface area contributed by atoms with Crippen LogP contribution in [0.5, 0.6) is 0 Å². The number of allylic oxidation sites excluding steroid dienone is 2. The van der Waals surface area contributed by atoms with Crippen molar-refractivity contribution in [3.05, 3.63) is 32.4 Å². The van der Waals surface area contributed by atoms with E-state index < -0.39 is 12.1 Å². The van der Waals surface area contributed by atoms with Crippen molar-refractivity contribution in [2.75, 3.05) is 0 Å². The lowest BCUT2D eigenvalue weighted by Gasteiger charge is -2.20. The van der Waals surface area contributed by atoms with Crippen molar-refractivity contribution in [1.29, 1.82) is 0 Å². The Morgan fingerprint density at radius 1 is 1.37 bits per heavy atom. The SMILES string of the molecule is [B]C[C@@H]1CC(O)[C@H](CC#CCCCC(=O)O)[C@H]1/C=C/C(=O)CCc1cc(Br)c(C)s1. The molecule has 4 atom stereocenters. The third kappa shape index (κ3) is 7.72. The molecular formula is C23H28BBrO4S. The molecule has 1 fully saturated rings. The standard InChI is InChI=1S/C23H28BBrO4S/c1-15-21(25)13-18(30-15)10-8-17(26)9-11-19-16(14-24)12-22(27)20(19)6-4-2-3-5-7-23(28)29/h9,11,13,16,19-20,22,27H,3,5-8,10,12,14H2,1H3,(H,28,29)/b11-9+/t16-,19-,20+,22?/m0/s1. The van der Waals surface area contributed by atoms with Gasteiger partial charge in [0.1, 0.15) is 0 Å². The van der Waals surface area contributed by atoms with E-state index in [9.17, 15) is 14.7 Å². The lowest BCUT2D eigenvalue weighted by molar-refractivity contribution is -0.137. The molecule has 1 unspecified atom stereocenters. The van der Waals surface area contributed by atoms with Gasteiger partial charge in [0.2, 0.25) is 0 Å². The summed E-state index contributed by atoms with van der Waals surface area (Å²) in [7, 11) is 5.90. The number of halogens is 1. The number of aliphatic hydroxyl groups excluding tert-OH is 1. The van der Waals surface area contributed by atoms with Crippen LogP contribution < -0.4 is 0 Å². The average molecular weight is 491 g/mol. The number of carbonyl (C=O) groups excluding carboxylic acids is 1. The molecule has 1 heterocycles. The lowest BCUT2D eigenvalue weighted by atomic mass is 9.80. The zero-order chi connectivity index (χ0) is 22.1. The van der Waals surface area contributed by atoms with E-state index in [1.54, 1.807) is 17.4 Å². The molecule has 0 aromatic carbocycles. The van der Waals surface area contributed by atoms with Gasteiger partial charge in [-0.3, -0.25) is 9.59 Å². The Labute approximate surface area is 192 Å². The molecule has 2 radical (unpaired) electrons. The Morgan fingerprint density at radius 2 is 2.13 bits per heavy atom. The molecule has 0 amide bonds. The molecule has 4 nitrogen and oxygen atoms in total. The smallest absolute Gasteiger partial charge is 0.303 e. The lowest BCUT2D eigenvalue weighted by Crippen LogP contribution is -2.19. The third-order valence-electron chi connectivity index (χ3n) is 5.57. The zero-order valence-electron chi connectivity index (χ0n) is 17.3. The Morgan fingerprint density at radius 3 is 2.77 bits per heavy atom. The summed E-state index contributed by atoms with van der Waals surface area (Å²) < 4.78 is 1.09. The molecule has 30 heavy (non-hydrogen) atoms. The normalized spacial score (nSPS) is 23.4. The molecule has 1 aromatic rings. The minimum atomic E-state index is -0.814. The maximum absolute atomic E-state index is 12.4. The van der Waals surface area contributed by atoms with E-state index >= 15 is 0 Å². The van der Waals surface area contributed by atoms with Crippen molar-refractivity contribution in [3.63, 3.8) is 0 Å². The molecule has 160 valence electrons. The first-order valence-corrected chi connectivity index (χ1v) is 11.9. The highest BCUT2D eigenvalue weighted by molar-refractivity contribution is 9.10. The van der Waals surface area contributed by atoms with Crippen LogP contribution in [0, 0.1) is 36.5 Å². The second-order valence-electron chi connectivity index (χ2n) is 7.79. The number of hydrogen-bond acceptors (Lipinski definition) is 4. The number of rotatable bonds is 10. The zero-order valence-corrected chi connectivity index (χ0v) is 19.7. The first kappa shape index (κ1) is 24.9. The highest BCUT2D eigenvalue weighted by Crippen LogP contribution is 2.41. The largest absolute Gasteiger partial charge is 0.481 e. The molecular weight excluding hydrogens is 463 g/mol. The number of carboxylic acid groups (broad SMARTS) is 1. The number of aliphatic hydroxyl groups is 1. The number of hydrogen-bond donors (Lipinski definition) is 2. The van der Waals surface area contributed by atoms with Gasteiger partial charge in [-0.1, -0.05) is 12.4 Å². The first-order chi connectivity index (χ1) is 14.3. The third-order valence-corrected chi connectivity index (χ3v) is 7.76. The van der Waals surface area contributed by atoms with Crippen LogP contribution >= 0.6 is 27.3 Å². The van der Waals surface area contributed by atoms with Gasteiger partial charge in [-0.2, -0.15) is 0 Å². The van der Waals surface area contributed by atoms with Crippen molar-refractivity contribution in [2.45, 2.75) is 64.3 Å². The quantitative estimate of drug-likeness (QED) is 0.215. The highest BCUT2D eigenvalue weighted by atomic mass is 79.9. The summed E-state index contributed by atoms with van der Waals surface area (Å²) in [5.41, 5.74) is 0. The molecule has 2 N–H and O–H groups in total. The van der Waals surface area contributed by atoms with Crippen LogP contribution in [0.2, 0.25) is 6.32 Å². The van der Waals surface area contributed by atoms with Crippen LogP contribution in [-0.4, -0.2) is 35.9 Å². The predicted octanol–water partition coefficient (Wildman–Crippen LogP) is 4.73. The van der Waals surface area contributed by atoms with Crippen LogP contribution in [0.25, 0.3) is 0 Å². The van der Waals surface area contributed by atoms with Gasteiger partial charge in [-0.25, -0.2) is 0 Å². The van der Waals surface area contributed by atoms with Crippen molar-refractivity contribution < 1.29 is 19.8 Å². The van der Waals surface area contributed by atoms with Crippen LogP contribution in [0.1, 0.15) is 48.3 Å². The molecule has 0 bridgehead atoms. The topological polar surface area (TPSA) is 74.6 Å². The first-order valence-electron chi connectivity index (χ1n) is 10.3. The number of carbonyl (C=O) groups is 2. The Balaban J connectivity index is 1.91. The summed E-state index contributed by atoms with van der Waals surface area (Å²) >= 11 is 5.20. The predicted molar refractivity (Wildman–Crippen MR) is 125 cm³/mol. The summed E-state index contributed by atoms with van der Waals surface area (Å²) in [5.74, 6) is 5.46. The van der Waals surface area contributed by atoms with Crippen LogP contribution in [0.15, 0.2) is 22.7 Å². The summed E-state index contributed by atoms with van der Waals surface area (Å²) in [6.07, 6.45) is 7.05. The molecule has 1 aliphatic rings. The van der Waals surface area contributed by atoms with Gasteiger partial charge in [0, 0.05) is 45.8 Å².